The van der Waals surface area contributed by atoms with E-state index in [4.69, 9.17) is 0 Å². The van der Waals surface area contributed by atoms with E-state index in [1.165, 1.54) is 8.58 Å². The molecule has 0 N–H and O–H groups in total. The Morgan fingerprint density at radius 2 is 1.31 bits per heavy atom. The van der Waals surface area contributed by atoms with Gasteiger partial charge in [0, 0.05) is 8.41 Å². The van der Waals surface area contributed by atoms with Crippen LogP contribution in [0.4, 0.5) is 0 Å². The summed E-state index contributed by atoms with van der Waals surface area (Å²) in [4.78, 5) is 0. The molecule has 0 amide bonds. The summed E-state index contributed by atoms with van der Waals surface area (Å²) in [5.41, 5.74) is 0. The maximum Gasteiger partial charge on any atom is 0 e. The van der Waals surface area contributed by atoms with E-state index in [1.807, 2.05) is 0 Å². The van der Waals surface area contributed by atoms with Gasteiger partial charge < -0.3 is 0 Å². The van der Waals surface area contributed by atoms with Crippen LogP contribution in [0.1, 0.15) is 38.5 Å². The van der Waals surface area contributed by atoms with E-state index in [-0.39, 0.29) is 8.41 Å². The molecule has 0 nitrogen and oxygen atoms in total. The highest BCUT2D eigenvalue weighted by molar-refractivity contribution is 7.39. The summed E-state index contributed by atoms with van der Waals surface area (Å²) in [6.07, 6.45) is 9.62. The van der Waals surface area contributed by atoms with Gasteiger partial charge in [0.05, 0.1) is 0 Å². The van der Waals surface area contributed by atoms with Crippen LogP contribution in [0.25, 0.3) is 0 Å². The summed E-state index contributed by atoms with van der Waals surface area (Å²) in [7, 11) is 1.23. The fraction of sp³-hybridized carbons (Fsp3) is 1.00. The van der Waals surface area contributed by atoms with E-state index in [0.29, 0.717) is 0 Å². The molecule has 1 atom stereocenters. The fourth-order valence-corrected chi connectivity index (χ4v) is 5.90. The zero-order valence-corrected chi connectivity index (χ0v) is 9.55. The molecule has 0 aromatic carbocycles. The van der Waals surface area contributed by atoms with Crippen LogP contribution in [0.5, 0.6) is 0 Å². The van der Waals surface area contributed by atoms with Crippen LogP contribution in [-0.4, -0.2) is 20.2 Å². The van der Waals surface area contributed by atoms with Gasteiger partial charge in [0.1, 0.15) is 0 Å². The molecule has 0 spiro atoms. The van der Waals surface area contributed by atoms with Gasteiger partial charge in [0.25, 0.3) is 0 Å². The minimum Gasteiger partial charge on any atom is -0.119 e. The van der Waals surface area contributed by atoms with Crippen LogP contribution in [0.3, 0.4) is 0 Å². The molecule has 4 saturated carbocycles. The van der Waals surface area contributed by atoms with Gasteiger partial charge in [-0.25, -0.2) is 0 Å². The summed E-state index contributed by atoms with van der Waals surface area (Å²) in [5, 5.41) is 0.870. The number of rotatable bonds is 1. The number of hydrogen-bond donors (Lipinski definition) is 0. The maximum atomic E-state index is 2.45. The lowest BCUT2D eigenvalue weighted by Gasteiger charge is -2.56. The Balaban J connectivity index is 0.000000653. The Bertz CT molecular complexity index is 167. The first-order valence-electron chi connectivity index (χ1n) is 5.48. The summed E-state index contributed by atoms with van der Waals surface area (Å²) >= 11 is 0. The second-order valence-corrected chi connectivity index (χ2v) is 7.01. The standard InChI is InChI=1S/C11H19P.B/c1-12-11-5-8-2-9(6-11)4-10(3-8)7-11;/h8-10,12H,2-7H2,1H3;. The van der Waals surface area contributed by atoms with Gasteiger partial charge in [-0.2, -0.15) is 0 Å². The Labute approximate surface area is 85.6 Å². The predicted octanol–water partition coefficient (Wildman–Crippen LogP) is 2.88. The van der Waals surface area contributed by atoms with Gasteiger partial charge in [-0.3, -0.25) is 0 Å². The first-order valence-corrected chi connectivity index (χ1v) is 6.98. The molecule has 4 rings (SSSR count). The van der Waals surface area contributed by atoms with E-state index in [9.17, 15) is 0 Å². The van der Waals surface area contributed by atoms with Gasteiger partial charge >= 0.3 is 0 Å². The van der Waals surface area contributed by atoms with Gasteiger partial charge in [0.2, 0.25) is 0 Å². The first kappa shape index (κ1) is 10.0. The summed E-state index contributed by atoms with van der Waals surface area (Å²) in [6, 6.07) is 0. The molecule has 0 aliphatic heterocycles. The molecule has 1 unspecified atom stereocenters. The van der Waals surface area contributed by atoms with Crippen molar-refractivity contribution in [1.29, 1.82) is 0 Å². The SMILES string of the molecule is CPC12CC3CC(CC(C3)C1)C2.[B]. The molecule has 4 aliphatic rings. The van der Waals surface area contributed by atoms with Crippen molar-refractivity contribution in [3.05, 3.63) is 0 Å². The molecule has 3 radical (unpaired) electrons. The van der Waals surface area contributed by atoms with E-state index >= 15 is 0 Å². The first-order chi connectivity index (χ1) is 5.80. The zero-order valence-electron chi connectivity index (χ0n) is 8.55. The fourth-order valence-electron chi connectivity index (χ4n) is 4.42. The molecule has 2 heteroatoms. The van der Waals surface area contributed by atoms with Crippen LogP contribution in [0.2, 0.25) is 0 Å². The normalized spacial score (nSPS) is 52.8. The van der Waals surface area contributed by atoms with Crippen molar-refractivity contribution in [2.75, 3.05) is 6.66 Å². The van der Waals surface area contributed by atoms with E-state index in [0.717, 1.165) is 22.9 Å². The Hall–Kier alpha value is 0.495. The van der Waals surface area contributed by atoms with Crippen molar-refractivity contribution in [2.45, 2.75) is 43.7 Å². The third kappa shape index (κ3) is 1.48. The van der Waals surface area contributed by atoms with Crippen molar-refractivity contribution in [2.24, 2.45) is 17.8 Å². The summed E-state index contributed by atoms with van der Waals surface area (Å²) in [6.45, 7) is 2.45. The molecule has 0 saturated heterocycles. The molecule has 13 heavy (non-hydrogen) atoms. The second kappa shape index (κ2) is 3.26. The van der Waals surface area contributed by atoms with Gasteiger partial charge in [-0.1, -0.05) is 0 Å². The third-order valence-electron chi connectivity index (χ3n) is 4.57. The van der Waals surface area contributed by atoms with Gasteiger partial charge in [-0.15, -0.1) is 8.58 Å². The molecule has 4 bridgehead atoms. The average molecular weight is 193 g/mol. The summed E-state index contributed by atoms with van der Waals surface area (Å²) < 4.78 is 0. The lowest BCUT2D eigenvalue weighted by atomic mass is 9.56. The topological polar surface area (TPSA) is 0 Å². The number of hydrogen-bond acceptors (Lipinski definition) is 0. The molecule has 0 aromatic rings. The quantitative estimate of drug-likeness (QED) is 0.443. The molecular formula is C11H19BP. The molecule has 71 valence electrons. The van der Waals surface area contributed by atoms with Crippen molar-refractivity contribution in [3.8, 4) is 0 Å². The van der Waals surface area contributed by atoms with E-state index in [1.54, 1.807) is 38.5 Å². The molecular weight excluding hydrogens is 174 g/mol. The van der Waals surface area contributed by atoms with E-state index < -0.39 is 0 Å². The van der Waals surface area contributed by atoms with Crippen LogP contribution < -0.4 is 0 Å². The second-order valence-electron chi connectivity index (χ2n) is 5.45. The Morgan fingerprint density at radius 1 is 0.923 bits per heavy atom. The molecule has 0 heterocycles. The Morgan fingerprint density at radius 3 is 1.62 bits per heavy atom. The predicted molar refractivity (Wildman–Crippen MR) is 60.9 cm³/mol. The molecule has 4 aliphatic carbocycles. The van der Waals surface area contributed by atoms with Crippen LogP contribution >= 0.6 is 8.58 Å². The monoisotopic (exact) mass is 193 g/mol. The van der Waals surface area contributed by atoms with Crippen LogP contribution in [-0.2, 0) is 0 Å². The minimum atomic E-state index is 0. The highest BCUT2D eigenvalue weighted by atomic mass is 31.1. The van der Waals surface area contributed by atoms with Crippen LogP contribution in [0.15, 0.2) is 0 Å². The third-order valence-corrected chi connectivity index (χ3v) is 6.24. The smallest absolute Gasteiger partial charge is 0 e. The van der Waals surface area contributed by atoms with E-state index in [2.05, 4.69) is 6.66 Å². The molecule has 0 aromatic heterocycles. The van der Waals surface area contributed by atoms with Crippen molar-refractivity contribution < 1.29 is 0 Å². The minimum absolute atomic E-state index is 0. The largest absolute Gasteiger partial charge is 0.119 e. The highest BCUT2D eigenvalue weighted by Gasteiger charge is 2.49. The van der Waals surface area contributed by atoms with Gasteiger partial charge in [-0.05, 0) is 68.1 Å². The summed E-state index contributed by atoms with van der Waals surface area (Å²) in [5.74, 6) is 3.47. The Kier molecular flexibility index (Phi) is 2.52. The maximum absolute atomic E-state index is 2.45. The lowest BCUT2D eigenvalue weighted by molar-refractivity contribution is 0.0369. The van der Waals surface area contributed by atoms with Crippen molar-refractivity contribution >= 4 is 17.0 Å². The van der Waals surface area contributed by atoms with Crippen molar-refractivity contribution in [1.82, 2.24) is 0 Å². The van der Waals surface area contributed by atoms with Crippen LogP contribution in [0, 0.1) is 17.8 Å². The lowest BCUT2D eigenvalue weighted by Crippen LogP contribution is -2.47. The zero-order chi connectivity index (χ0) is 8.18. The molecule has 4 fully saturated rings. The average Bonchev–Trinajstić information content (AvgIpc) is 2.02. The van der Waals surface area contributed by atoms with Crippen molar-refractivity contribution in [3.63, 3.8) is 0 Å². The van der Waals surface area contributed by atoms with Gasteiger partial charge in [0.15, 0.2) is 0 Å². The highest BCUT2D eigenvalue weighted by Crippen LogP contribution is 2.61.